The predicted molar refractivity (Wildman–Crippen MR) is 214 cm³/mol. The summed E-state index contributed by atoms with van der Waals surface area (Å²) in [5, 5.41) is 2.21. The fraction of sp³-hybridized carbons (Fsp3) is 0.188. The fourth-order valence-electron chi connectivity index (χ4n) is 8.24. The number of rotatable bonds is 5. The second kappa shape index (κ2) is 11.6. The summed E-state index contributed by atoms with van der Waals surface area (Å²) < 4.78 is 6.66. The first kappa shape index (κ1) is 32.1. The van der Waals surface area contributed by atoms with E-state index in [9.17, 15) is 0 Å². The molecule has 0 saturated heterocycles. The molecule has 0 atom stereocenters. The van der Waals surface area contributed by atoms with Crippen LogP contribution in [0.4, 0.5) is 0 Å². The number of fused-ring (bicyclic) bond motifs is 4. The minimum Gasteiger partial charge on any atom is -0.455 e. The molecule has 1 aliphatic rings. The maximum absolute atomic E-state index is 6.66. The summed E-state index contributed by atoms with van der Waals surface area (Å²) in [6.07, 6.45) is 0. The van der Waals surface area contributed by atoms with Crippen molar-refractivity contribution in [2.45, 2.75) is 52.4 Å². The summed E-state index contributed by atoms with van der Waals surface area (Å²) in [4.78, 5) is 15.7. The van der Waals surface area contributed by atoms with Gasteiger partial charge in [-0.1, -0.05) is 163 Å². The molecule has 0 spiro atoms. The van der Waals surface area contributed by atoms with Gasteiger partial charge in [0.25, 0.3) is 0 Å². The van der Waals surface area contributed by atoms with Crippen LogP contribution in [0.25, 0.3) is 78.4 Å². The van der Waals surface area contributed by atoms with Gasteiger partial charge in [-0.05, 0) is 62.3 Å². The Morgan fingerprint density at radius 1 is 0.404 bits per heavy atom. The summed E-state index contributed by atoms with van der Waals surface area (Å²) >= 11 is 0. The molecule has 8 aromatic rings. The standard InChI is InChI=1S/C48H41N3O/c1-46(2)39-28-37(36-22-15-21-35-34-20-13-14-23-41(34)52-42(35)36)38(29-40(39)47(3,4)48(46,5)6)45-50-43(32-18-11-8-12-19-32)49-44(51-45)33-26-24-31(25-27-33)30-16-9-7-10-17-30/h7-29H,1-6H3. The van der Waals surface area contributed by atoms with Crippen LogP contribution >= 0.6 is 0 Å². The first-order chi connectivity index (χ1) is 25.0. The summed E-state index contributed by atoms with van der Waals surface area (Å²) in [5.41, 5.74) is 11.4. The number of furan rings is 1. The predicted octanol–water partition coefficient (Wildman–Crippen LogP) is 12.7. The van der Waals surface area contributed by atoms with Crippen molar-refractivity contribution in [3.8, 4) is 56.4 Å². The quantitative estimate of drug-likeness (QED) is 0.182. The second-order valence-corrected chi connectivity index (χ2v) is 15.7. The van der Waals surface area contributed by atoms with E-state index in [0.29, 0.717) is 17.5 Å². The molecule has 52 heavy (non-hydrogen) atoms. The minimum absolute atomic E-state index is 0.0242. The van der Waals surface area contributed by atoms with Crippen molar-refractivity contribution < 1.29 is 4.42 Å². The maximum atomic E-state index is 6.66. The van der Waals surface area contributed by atoms with Crippen molar-refractivity contribution in [2.24, 2.45) is 5.41 Å². The maximum Gasteiger partial charge on any atom is 0.164 e. The van der Waals surface area contributed by atoms with E-state index in [1.807, 2.05) is 36.4 Å². The van der Waals surface area contributed by atoms with E-state index < -0.39 is 0 Å². The Hall–Kier alpha value is -5.87. The smallest absolute Gasteiger partial charge is 0.164 e. The molecule has 0 amide bonds. The Morgan fingerprint density at radius 2 is 0.885 bits per heavy atom. The number of hydrogen-bond acceptors (Lipinski definition) is 4. The van der Waals surface area contributed by atoms with Gasteiger partial charge in [-0.25, -0.2) is 15.0 Å². The second-order valence-electron chi connectivity index (χ2n) is 15.7. The van der Waals surface area contributed by atoms with E-state index >= 15 is 0 Å². The lowest BCUT2D eigenvalue weighted by Crippen LogP contribution is -2.42. The molecule has 2 aromatic heterocycles. The molecule has 4 heteroatoms. The van der Waals surface area contributed by atoms with Crippen LogP contribution in [-0.2, 0) is 10.8 Å². The molecule has 6 aromatic carbocycles. The van der Waals surface area contributed by atoms with Crippen molar-refractivity contribution >= 4 is 21.9 Å². The summed E-state index contributed by atoms with van der Waals surface area (Å²) in [7, 11) is 0. The largest absolute Gasteiger partial charge is 0.455 e. The van der Waals surface area contributed by atoms with E-state index in [0.717, 1.165) is 55.3 Å². The highest BCUT2D eigenvalue weighted by atomic mass is 16.3. The Morgan fingerprint density at radius 3 is 1.54 bits per heavy atom. The third-order valence-corrected chi connectivity index (χ3v) is 12.5. The topological polar surface area (TPSA) is 51.8 Å². The van der Waals surface area contributed by atoms with Gasteiger partial charge in [0.1, 0.15) is 11.2 Å². The van der Waals surface area contributed by atoms with E-state index in [4.69, 9.17) is 19.4 Å². The Bertz CT molecular complexity index is 2630. The highest BCUT2D eigenvalue weighted by Crippen LogP contribution is 2.62. The van der Waals surface area contributed by atoms with Gasteiger partial charge in [-0.3, -0.25) is 0 Å². The van der Waals surface area contributed by atoms with Crippen LogP contribution in [0.3, 0.4) is 0 Å². The van der Waals surface area contributed by atoms with Crippen LogP contribution in [0.5, 0.6) is 0 Å². The molecule has 0 fully saturated rings. The van der Waals surface area contributed by atoms with Crippen molar-refractivity contribution in [3.05, 3.63) is 151 Å². The van der Waals surface area contributed by atoms with Crippen LogP contribution in [0.1, 0.15) is 52.7 Å². The van der Waals surface area contributed by atoms with Crippen LogP contribution < -0.4 is 0 Å². The molecule has 254 valence electrons. The van der Waals surface area contributed by atoms with Crippen molar-refractivity contribution in [3.63, 3.8) is 0 Å². The van der Waals surface area contributed by atoms with Gasteiger partial charge >= 0.3 is 0 Å². The number of nitrogens with zero attached hydrogens (tertiary/aromatic N) is 3. The number of aromatic nitrogens is 3. The molecular weight excluding hydrogens is 635 g/mol. The van der Waals surface area contributed by atoms with E-state index in [1.54, 1.807) is 0 Å². The van der Waals surface area contributed by atoms with Crippen LogP contribution in [0.15, 0.2) is 144 Å². The Balaban J connectivity index is 1.33. The molecule has 1 aliphatic carbocycles. The normalized spacial score (nSPS) is 15.6. The zero-order chi connectivity index (χ0) is 35.8. The van der Waals surface area contributed by atoms with Gasteiger partial charge in [0.2, 0.25) is 0 Å². The minimum atomic E-state index is -0.115. The van der Waals surface area contributed by atoms with Gasteiger partial charge in [0.15, 0.2) is 17.5 Å². The lowest BCUT2D eigenvalue weighted by molar-refractivity contribution is 0.125. The highest BCUT2D eigenvalue weighted by molar-refractivity contribution is 6.10. The first-order valence-corrected chi connectivity index (χ1v) is 18.1. The third kappa shape index (κ3) is 4.77. The van der Waals surface area contributed by atoms with Crippen LogP contribution in [-0.4, -0.2) is 15.0 Å². The molecule has 4 nitrogen and oxygen atoms in total. The monoisotopic (exact) mass is 675 g/mol. The van der Waals surface area contributed by atoms with Crippen LogP contribution in [0, 0.1) is 5.41 Å². The fourth-order valence-corrected chi connectivity index (χ4v) is 8.24. The molecule has 2 heterocycles. The van der Waals surface area contributed by atoms with Gasteiger partial charge in [0.05, 0.1) is 0 Å². The summed E-state index contributed by atoms with van der Waals surface area (Å²) in [5.74, 6) is 1.91. The third-order valence-electron chi connectivity index (χ3n) is 12.5. The number of para-hydroxylation sites is 2. The summed E-state index contributed by atoms with van der Waals surface area (Å²) in [6, 6.07) is 48.7. The zero-order valence-electron chi connectivity index (χ0n) is 30.5. The van der Waals surface area contributed by atoms with E-state index in [-0.39, 0.29) is 16.2 Å². The van der Waals surface area contributed by atoms with Crippen molar-refractivity contribution in [1.82, 2.24) is 15.0 Å². The Kier molecular flexibility index (Phi) is 7.14. The SMILES string of the molecule is CC1(C)c2cc(-c3nc(-c4ccccc4)nc(-c4ccc(-c5ccccc5)cc4)n3)c(-c3cccc4c3oc3ccccc34)cc2C(C)(C)C1(C)C. The van der Waals surface area contributed by atoms with Crippen LogP contribution in [0.2, 0.25) is 0 Å². The van der Waals surface area contributed by atoms with Gasteiger partial charge in [-0.15, -0.1) is 0 Å². The van der Waals surface area contributed by atoms with Gasteiger partial charge in [-0.2, -0.15) is 0 Å². The highest BCUT2D eigenvalue weighted by Gasteiger charge is 2.57. The molecule has 0 aliphatic heterocycles. The molecule has 0 unspecified atom stereocenters. The Labute approximate surface area is 305 Å². The van der Waals surface area contributed by atoms with Gasteiger partial charge in [0, 0.05) is 33.0 Å². The molecule has 0 bridgehead atoms. The van der Waals surface area contributed by atoms with Crippen molar-refractivity contribution in [2.75, 3.05) is 0 Å². The number of hydrogen-bond donors (Lipinski definition) is 0. The molecule has 9 rings (SSSR count). The average Bonchev–Trinajstić information content (AvgIpc) is 3.60. The molecule has 0 radical (unpaired) electrons. The molecule has 0 saturated carbocycles. The zero-order valence-corrected chi connectivity index (χ0v) is 30.5. The number of benzene rings is 6. The lowest BCUT2D eigenvalue weighted by Gasteiger charge is -2.44. The summed E-state index contributed by atoms with van der Waals surface area (Å²) in [6.45, 7) is 14.3. The molecule has 0 N–H and O–H groups in total. The first-order valence-electron chi connectivity index (χ1n) is 18.1. The van der Waals surface area contributed by atoms with E-state index in [2.05, 4.69) is 145 Å². The average molecular weight is 676 g/mol. The lowest BCUT2D eigenvalue weighted by atomic mass is 9.59. The van der Waals surface area contributed by atoms with Gasteiger partial charge < -0.3 is 4.42 Å². The molecular formula is C48H41N3O. The van der Waals surface area contributed by atoms with E-state index in [1.165, 1.54) is 16.7 Å². The van der Waals surface area contributed by atoms with Crippen molar-refractivity contribution in [1.29, 1.82) is 0 Å².